The van der Waals surface area contributed by atoms with Crippen molar-refractivity contribution in [3.63, 3.8) is 0 Å². The van der Waals surface area contributed by atoms with Crippen LogP contribution in [-0.2, 0) is 11.4 Å². The molecule has 0 spiro atoms. The average molecular weight is 329 g/mol. The molecule has 1 aromatic carbocycles. The number of hydrogen-bond acceptors (Lipinski definition) is 4. The molecule has 1 aromatic rings. The molecule has 1 rings (SSSR count). The van der Waals surface area contributed by atoms with Gasteiger partial charge in [0, 0.05) is 23.2 Å². The Kier molecular flexibility index (Phi) is 5.05. The second-order valence-electron chi connectivity index (χ2n) is 3.26. The van der Waals surface area contributed by atoms with Crippen molar-refractivity contribution in [2.75, 3.05) is 6.61 Å². The molecule has 0 aliphatic rings. The van der Waals surface area contributed by atoms with Gasteiger partial charge in [-0.05, 0) is 11.6 Å². The molecular weight excluding hydrogens is 321 g/mol. The quantitative estimate of drug-likeness (QED) is 0.512. The SMILES string of the molecule is O=[N+]([O-])c1ccc(CNOCC(F)(F)F)c(Br)c1. The lowest BCUT2D eigenvalue weighted by Gasteiger charge is -2.09. The van der Waals surface area contributed by atoms with Gasteiger partial charge in [0.25, 0.3) is 5.69 Å². The van der Waals surface area contributed by atoms with Crippen LogP contribution in [0.1, 0.15) is 5.56 Å². The number of hydrogen-bond donors (Lipinski definition) is 1. The molecular formula is C9H8BrF3N2O3. The third-order valence-electron chi connectivity index (χ3n) is 1.85. The van der Waals surface area contributed by atoms with E-state index in [0.717, 1.165) is 0 Å². The van der Waals surface area contributed by atoms with Gasteiger partial charge < -0.3 is 0 Å². The summed E-state index contributed by atoms with van der Waals surface area (Å²) < 4.78 is 35.7. The summed E-state index contributed by atoms with van der Waals surface area (Å²) in [6, 6.07) is 3.94. The summed E-state index contributed by atoms with van der Waals surface area (Å²) in [5.74, 6) is 0. The van der Waals surface area contributed by atoms with E-state index in [9.17, 15) is 23.3 Å². The summed E-state index contributed by atoms with van der Waals surface area (Å²) in [5.41, 5.74) is 2.56. The first kappa shape index (κ1) is 14.9. The van der Waals surface area contributed by atoms with Gasteiger partial charge in [-0.3, -0.25) is 15.0 Å². The first-order chi connectivity index (χ1) is 8.29. The normalized spacial score (nSPS) is 11.6. The van der Waals surface area contributed by atoms with Crippen molar-refractivity contribution in [1.29, 1.82) is 0 Å². The van der Waals surface area contributed by atoms with Crippen molar-refractivity contribution in [3.05, 3.63) is 38.3 Å². The molecule has 0 aliphatic carbocycles. The van der Waals surface area contributed by atoms with E-state index in [1.165, 1.54) is 18.2 Å². The highest BCUT2D eigenvalue weighted by atomic mass is 79.9. The van der Waals surface area contributed by atoms with E-state index in [2.05, 4.69) is 26.2 Å². The monoisotopic (exact) mass is 328 g/mol. The predicted octanol–water partition coefficient (Wildman–Crippen LogP) is 2.94. The second kappa shape index (κ2) is 6.12. The molecule has 0 heterocycles. The van der Waals surface area contributed by atoms with Gasteiger partial charge in [-0.25, -0.2) is 0 Å². The molecule has 0 aliphatic heterocycles. The van der Waals surface area contributed by atoms with Crippen LogP contribution in [0.25, 0.3) is 0 Å². The summed E-state index contributed by atoms with van der Waals surface area (Å²) in [7, 11) is 0. The van der Waals surface area contributed by atoms with Gasteiger partial charge in [0.1, 0.15) is 0 Å². The van der Waals surface area contributed by atoms with Crippen LogP contribution in [0, 0.1) is 10.1 Å². The summed E-state index contributed by atoms with van der Waals surface area (Å²) in [6.07, 6.45) is -4.40. The first-order valence-electron chi connectivity index (χ1n) is 4.64. The molecule has 0 saturated carbocycles. The van der Waals surface area contributed by atoms with Crippen LogP contribution >= 0.6 is 15.9 Å². The zero-order chi connectivity index (χ0) is 13.8. The third kappa shape index (κ3) is 4.98. The van der Waals surface area contributed by atoms with Crippen molar-refractivity contribution < 1.29 is 22.9 Å². The number of halogens is 4. The van der Waals surface area contributed by atoms with Gasteiger partial charge in [-0.1, -0.05) is 15.9 Å². The van der Waals surface area contributed by atoms with Gasteiger partial charge in [0.2, 0.25) is 0 Å². The van der Waals surface area contributed by atoms with E-state index in [1.54, 1.807) is 0 Å². The highest BCUT2D eigenvalue weighted by molar-refractivity contribution is 9.10. The number of benzene rings is 1. The van der Waals surface area contributed by atoms with E-state index in [-0.39, 0.29) is 12.2 Å². The zero-order valence-corrected chi connectivity index (χ0v) is 10.4. The van der Waals surface area contributed by atoms with Crippen LogP contribution in [0.3, 0.4) is 0 Å². The molecule has 0 radical (unpaired) electrons. The molecule has 0 fully saturated rings. The Morgan fingerprint density at radius 1 is 1.44 bits per heavy atom. The van der Waals surface area contributed by atoms with Crippen LogP contribution in [-0.4, -0.2) is 17.7 Å². The molecule has 18 heavy (non-hydrogen) atoms. The average Bonchev–Trinajstić information content (AvgIpc) is 2.24. The lowest BCUT2D eigenvalue weighted by Crippen LogP contribution is -2.24. The minimum Gasteiger partial charge on any atom is -0.292 e. The minimum absolute atomic E-state index is 0.00530. The Morgan fingerprint density at radius 3 is 2.61 bits per heavy atom. The highest BCUT2D eigenvalue weighted by Gasteiger charge is 2.27. The van der Waals surface area contributed by atoms with Crippen molar-refractivity contribution in [3.8, 4) is 0 Å². The standard InChI is InChI=1S/C9H8BrF3N2O3/c10-8-3-7(15(16)17)2-1-6(8)4-14-18-5-9(11,12)13/h1-3,14H,4-5H2. The Balaban J connectivity index is 2.51. The Labute approximate surface area is 108 Å². The smallest absolute Gasteiger partial charge is 0.292 e. The third-order valence-corrected chi connectivity index (χ3v) is 2.59. The Bertz CT molecular complexity index is 440. The maximum Gasteiger partial charge on any atom is 0.413 e. The maximum absolute atomic E-state index is 11.8. The van der Waals surface area contributed by atoms with Gasteiger partial charge in [-0.15, -0.1) is 0 Å². The van der Waals surface area contributed by atoms with Crippen molar-refractivity contribution >= 4 is 21.6 Å². The van der Waals surface area contributed by atoms with E-state index >= 15 is 0 Å². The molecule has 0 atom stereocenters. The molecule has 100 valence electrons. The molecule has 0 unspecified atom stereocenters. The molecule has 0 aromatic heterocycles. The summed E-state index contributed by atoms with van der Waals surface area (Å²) in [5, 5.41) is 10.5. The van der Waals surface area contributed by atoms with Crippen molar-refractivity contribution in [2.24, 2.45) is 0 Å². The number of rotatable bonds is 5. The highest BCUT2D eigenvalue weighted by Crippen LogP contribution is 2.23. The fraction of sp³-hybridized carbons (Fsp3) is 0.333. The minimum atomic E-state index is -4.40. The molecule has 0 bridgehead atoms. The van der Waals surface area contributed by atoms with E-state index in [1.807, 2.05) is 0 Å². The van der Waals surface area contributed by atoms with Crippen LogP contribution in [0.15, 0.2) is 22.7 Å². The number of alkyl halides is 3. The van der Waals surface area contributed by atoms with Crippen LogP contribution < -0.4 is 5.48 Å². The molecule has 5 nitrogen and oxygen atoms in total. The van der Waals surface area contributed by atoms with Gasteiger partial charge in [-0.2, -0.15) is 18.7 Å². The Hall–Kier alpha value is -1.19. The Morgan fingerprint density at radius 2 is 2.11 bits per heavy atom. The van der Waals surface area contributed by atoms with E-state index in [0.29, 0.717) is 10.0 Å². The summed E-state index contributed by atoms with van der Waals surface area (Å²) in [4.78, 5) is 14.1. The zero-order valence-electron chi connectivity index (χ0n) is 8.83. The second-order valence-corrected chi connectivity index (χ2v) is 4.11. The van der Waals surface area contributed by atoms with Crippen LogP contribution in [0.4, 0.5) is 18.9 Å². The fourth-order valence-corrected chi connectivity index (χ4v) is 1.56. The molecule has 0 amide bonds. The summed E-state index contributed by atoms with van der Waals surface area (Å²) >= 11 is 3.08. The number of hydroxylamine groups is 1. The van der Waals surface area contributed by atoms with Crippen LogP contribution in [0.5, 0.6) is 0 Å². The number of nitro benzene ring substituents is 1. The first-order valence-corrected chi connectivity index (χ1v) is 5.43. The topological polar surface area (TPSA) is 64.4 Å². The van der Waals surface area contributed by atoms with Crippen molar-refractivity contribution in [2.45, 2.75) is 12.7 Å². The maximum atomic E-state index is 11.8. The number of nitro groups is 1. The molecule has 1 N–H and O–H groups in total. The van der Waals surface area contributed by atoms with E-state index < -0.39 is 17.7 Å². The fourth-order valence-electron chi connectivity index (χ4n) is 1.05. The number of non-ortho nitro benzene ring substituents is 1. The largest absolute Gasteiger partial charge is 0.413 e. The lowest BCUT2D eigenvalue weighted by molar-refractivity contribution is -0.384. The number of nitrogens with one attached hydrogen (secondary N) is 1. The predicted molar refractivity (Wildman–Crippen MR) is 59.6 cm³/mol. The van der Waals surface area contributed by atoms with Crippen LogP contribution in [0.2, 0.25) is 0 Å². The lowest BCUT2D eigenvalue weighted by atomic mass is 10.2. The van der Waals surface area contributed by atoms with Crippen molar-refractivity contribution in [1.82, 2.24) is 5.48 Å². The van der Waals surface area contributed by atoms with Gasteiger partial charge in [0.15, 0.2) is 6.61 Å². The molecule has 9 heteroatoms. The number of nitrogens with zero attached hydrogens (tertiary/aromatic N) is 1. The summed E-state index contributed by atoms with van der Waals surface area (Å²) in [6.45, 7) is -1.41. The van der Waals surface area contributed by atoms with Gasteiger partial charge >= 0.3 is 6.18 Å². The van der Waals surface area contributed by atoms with E-state index in [4.69, 9.17) is 0 Å². The molecule has 0 saturated heterocycles. The van der Waals surface area contributed by atoms with Gasteiger partial charge in [0.05, 0.1) is 4.92 Å².